The minimum atomic E-state index is -4.76. The third kappa shape index (κ3) is 5.14. The number of rotatable bonds is 7. The molecule has 15 heteroatoms. The second-order valence-electron chi connectivity index (χ2n) is 8.60. The molecule has 208 valence electrons. The maximum atomic E-state index is 13.7. The molecule has 0 radical (unpaired) electrons. The van der Waals surface area contributed by atoms with Crippen molar-refractivity contribution in [1.82, 2.24) is 15.2 Å². The molecule has 5 rings (SSSR count). The summed E-state index contributed by atoms with van der Waals surface area (Å²) >= 11 is 0.852. The third-order valence-electron chi connectivity index (χ3n) is 6.18. The van der Waals surface area contributed by atoms with E-state index in [1.807, 2.05) is 0 Å². The fourth-order valence-electron chi connectivity index (χ4n) is 4.31. The smallest absolute Gasteiger partial charge is 0.416 e. The van der Waals surface area contributed by atoms with E-state index in [1.165, 1.54) is 29.6 Å². The molecule has 2 aliphatic rings. The number of hydrogen-bond acceptors (Lipinski definition) is 9. The fraction of sp³-hybridized carbons (Fsp3) is 0.240. The number of halogens is 3. The minimum absolute atomic E-state index is 0.0226. The summed E-state index contributed by atoms with van der Waals surface area (Å²) in [6, 6.07) is 5.19. The zero-order chi connectivity index (χ0) is 28.6. The highest BCUT2D eigenvalue weighted by Crippen LogP contribution is 2.37. The van der Waals surface area contributed by atoms with Crippen LogP contribution in [-0.2, 0) is 26.9 Å². The number of benzene rings is 2. The van der Waals surface area contributed by atoms with E-state index in [0.717, 1.165) is 30.6 Å². The summed E-state index contributed by atoms with van der Waals surface area (Å²) in [4.78, 5) is 56.3. The van der Waals surface area contributed by atoms with Crippen molar-refractivity contribution in [3.8, 4) is 11.5 Å². The number of esters is 1. The lowest BCUT2D eigenvalue weighted by Crippen LogP contribution is -2.49. The molecule has 0 aliphatic carbocycles. The summed E-state index contributed by atoms with van der Waals surface area (Å²) in [6.45, 7) is -0.0226. The van der Waals surface area contributed by atoms with Crippen LogP contribution >= 0.6 is 11.3 Å². The van der Waals surface area contributed by atoms with Crippen molar-refractivity contribution in [3.05, 3.63) is 70.2 Å². The van der Waals surface area contributed by atoms with Gasteiger partial charge in [0.2, 0.25) is 12.7 Å². The number of ether oxygens (including phenoxy) is 3. The predicted molar refractivity (Wildman–Crippen MR) is 132 cm³/mol. The van der Waals surface area contributed by atoms with Gasteiger partial charge >= 0.3 is 18.2 Å². The van der Waals surface area contributed by atoms with Crippen molar-refractivity contribution in [1.29, 1.82) is 0 Å². The first-order valence-electron chi connectivity index (χ1n) is 11.6. The molecule has 2 aliphatic heterocycles. The minimum Gasteiger partial charge on any atom is -0.464 e. The second-order valence-corrected chi connectivity index (χ2v) is 9.46. The van der Waals surface area contributed by atoms with E-state index in [0.29, 0.717) is 22.0 Å². The van der Waals surface area contributed by atoms with Crippen LogP contribution in [0.5, 0.6) is 11.5 Å². The third-order valence-corrected chi connectivity index (χ3v) is 6.94. The summed E-state index contributed by atoms with van der Waals surface area (Å²) in [5.74, 6) is -1.83. The number of carbonyl (C=O) groups excluding carboxylic acids is 4. The molecule has 2 atom stereocenters. The molecule has 1 unspecified atom stereocenters. The van der Waals surface area contributed by atoms with Gasteiger partial charge in [0.25, 0.3) is 5.91 Å². The van der Waals surface area contributed by atoms with Gasteiger partial charge in [0, 0.05) is 11.8 Å². The summed E-state index contributed by atoms with van der Waals surface area (Å²) < 4.78 is 56.4. The van der Waals surface area contributed by atoms with E-state index in [4.69, 9.17) is 9.47 Å². The van der Waals surface area contributed by atoms with Gasteiger partial charge in [-0.15, -0.1) is 11.3 Å². The van der Waals surface area contributed by atoms with Crippen LogP contribution in [0.3, 0.4) is 0 Å². The fourth-order valence-corrected chi connectivity index (χ4v) is 4.99. The molecule has 0 saturated carbocycles. The number of thiazole rings is 1. The Morgan fingerprint density at radius 1 is 1.20 bits per heavy atom. The normalized spacial score (nSPS) is 17.0. The van der Waals surface area contributed by atoms with Crippen LogP contribution in [0.1, 0.15) is 33.2 Å². The highest BCUT2D eigenvalue weighted by molar-refractivity contribution is 7.14. The molecule has 0 spiro atoms. The number of nitrogens with zero attached hydrogens (tertiary/aromatic N) is 2. The van der Waals surface area contributed by atoms with Crippen LogP contribution in [-0.4, -0.2) is 53.6 Å². The average molecular weight is 577 g/mol. The zero-order valence-corrected chi connectivity index (χ0v) is 21.3. The Labute approximate surface area is 227 Å². The monoisotopic (exact) mass is 576 g/mol. The van der Waals surface area contributed by atoms with E-state index in [1.54, 1.807) is 6.07 Å². The summed E-state index contributed by atoms with van der Waals surface area (Å²) in [6.07, 6.45) is -5.40. The molecule has 3 heterocycles. The van der Waals surface area contributed by atoms with Gasteiger partial charge in [-0.05, 0) is 29.3 Å². The number of amides is 4. The van der Waals surface area contributed by atoms with Gasteiger partial charge in [-0.2, -0.15) is 13.2 Å². The van der Waals surface area contributed by atoms with Crippen LogP contribution in [0.25, 0.3) is 0 Å². The van der Waals surface area contributed by atoms with Crippen molar-refractivity contribution in [3.63, 3.8) is 0 Å². The number of imide groups is 1. The van der Waals surface area contributed by atoms with Gasteiger partial charge in [-0.1, -0.05) is 24.3 Å². The molecule has 1 fully saturated rings. The maximum Gasteiger partial charge on any atom is 0.416 e. The molecule has 4 amide bonds. The van der Waals surface area contributed by atoms with E-state index >= 15 is 0 Å². The van der Waals surface area contributed by atoms with Crippen LogP contribution in [0.2, 0.25) is 0 Å². The molecule has 11 nitrogen and oxygen atoms in total. The lowest BCUT2D eigenvalue weighted by Gasteiger charge is -2.25. The Kier molecular flexibility index (Phi) is 7.06. The number of methoxy groups -OCH3 is 1. The topological polar surface area (TPSA) is 136 Å². The van der Waals surface area contributed by atoms with E-state index in [2.05, 4.69) is 20.4 Å². The van der Waals surface area contributed by atoms with Gasteiger partial charge < -0.3 is 24.8 Å². The summed E-state index contributed by atoms with van der Waals surface area (Å²) in [5.41, 5.74) is -1.12. The second kappa shape index (κ2) is 10.5. The predicted octanol–water partition coefficient (Wildman–Crippen LogP) is 3.52. The Bertz CT molecular complexity index is 1510. The molecule has 1 aromatic heterocycles. The molecule has 0 bridgehead atoms. The highest BCUT2D eigenvalue weighted by atomic mass is 32.1. The SMILES string of the molecule is COC(=O)c1csc(NC(=O)[C@H](Cc2ccccc2C(F)(F)F)N2C(=O)NC(c3ccc4c(c3)OCO4)C2=O)n1. The molecular weight excluding hydrogens is 557 g/mol. The first kappa shape index (κ1) is 26.9. The van der Waals surface area contributed by atoms with Crippen LogP contribution < -0.4 is 20.1 Å². The van der Waals surface area contributed by atoms with Crippen molar-refractivity contribution in [2.45, 2.75) is 24.7 Å². The summed E-state index contributed by atoms with van der Waals surface area (Å²) in [5, 5.41) is 6.10. The van der Waals surface area contributed by atoms with Crippen molar-refractivity contribution >= 4 is 40.3 Å². The molecule has 40 heavy (non-hydrogen) atoms. The Hall–Kier alpha value is -4.66. The number of nitrogens with one attached hydrogen (secondary N) is 2. The Morgan fingerprint density at radius 3 is 2.70 bits per heavy atom. The number of carbonyl (C=O) groups is 4. The lowest BCUT2D eigenvalue weighted by atomic mass is 9.98. The largest absolute Gasteiger partial charge is 0.464 e. The lowest BCUT2D eigenvalue weighted by molar-refractivity contribution is -0.138. The van der Waals surface area contributed by atoms with Crippen LogP contribution in [0, 0.1) is 0 Å². The molecule has 3 aromatic rings. The Balaban J connectivity index is 1.48. The summed E-state index contributed by atoms with van der Waals surface area (Å²) in [7, 11) is 1.14. The molecule has 2 N–H and O–H groups in total. The first-order chi connectivity index (χ1) is 19.1. The number of fused-ring (bicyclic) bond motifs is 1. The van der Waals surface area contributed by atoms with Gasteiger partial charge in [0.15, 0.2) is 22.3 Å². The van der Waals surface area contributed by atoms with Gasteiger partial charge in [-0.3, -0.25) is 9.59 Å². The van der Waals surface area contributed by atoms with Gasteiger partial charge in [-0.25, -0.2) is 19.5 Å². The number of alkyl halides is 3. The standard InChI is InChI=1S/C25H19F3N4O7S/c1-37-22(35)15-10-40-23(29-15)31-20(33)16(8-12-4-2-3-5-14(12)25(26,27)28)32-21(34)19(30-24(32)36)13-6-7-17-18(9-13)39-11-38-17/h2-7,9-10,16,19H,8,11H2,1H3,(H,30,36)(H,29,31,33)/t16-,19?/m0/s1. The number of anilines is 1. The van der Waals surface area contributed by atoms with E-state index in [9.17, 15) is 32.3 Å². The molecular formula is C25H19F3N4O7S. The quantitative estimate of drug-likeness (QED) is 0.322. The molecule has 1 saturated heterocycles. The number of hydrogen-bond donors (Lipinski definition) is 2. The van der Waals surface area contributed by atoms with E-state index < -0.39 is 54.1 Å². The van der Waals surface area contributed by atoms with Crippen LogP contribution in [0.4, 0.5) is 23.1 Å². The van der Waals surface area contributed by atoms with Crippen molar-refractivity contribution in [2.24, 2.45) is 0 Å². The van der Waals surface area contributed by atoms with E-state index in [-0.39, 0.29) is 23.2 Å². The maximum absolute atomic E-state index is 13.7. The van der Waals surface area contributed by atoms with Crippen molar-refractivity contribution < 1.29 is 46.6 Å². The number of aromatic nitrogens is 1. The van der Waals surface area contributed by atoms with Gasteiger partial charge in [0.1, 0.15) is 12.1 Å². The molecule has 2 aromatic carbocycles. The number of urea groups is 1. The zero-order valence-electron chi connectivity index (χ0n) is 20.5. The van der Waals surface area contributed by atoms with Crippen LogP contribution in [0.15, 0.2) is 47.8 Å². The highest BCUT2D eigenvalue weighted by Gasteiger charge is 2.46. The average Bonchev–Trinajstić information content (AvgIpc) is 3.65. The van der Waals surface area contributed by atoms with Gasteiger partial charge in [0.05, 0.1) is 12.7 Å². The van der Waals surface area contributed by atoms with Crippen molar-refractivity contribution in [2.75, 3.05) is 19.2 Å². The first-order valence-corrected chi connectivity index (χ1v) is 12.5. The Morgan fingerprint density at radius 2 is 1.95 bits per heavy atom.